The number of nitrogens with zero attached hydrogens (tertiary/aromatic N) is 3. The summed E-state index contributed by atoms with van der Waals surface area (Å²) in [6.45, 7) is 0. The minimum Gasteiger partial charge on any atom is -0.493 e. The van der Waals surface area contributed by atoms with Crippen LogP contribution < -0.4 is 14.2 Å². The fourth-order valence-corrected chi connectivity index (χ4v) is 2.57. The number of carbonyl (C=O) groups is 1. The van der Waals surface area contributed by atoms with Gasteiger partial charge in [-0.2, -0.15) is 5.10 Å². The van der Waals surface area contributed by atoms with Crippen LogP contribution in [-0.2, 0) is 0 Å². The van der Waals surface area contributed by atoms with Crippen molar-refractivity contribution in [2.24, 2.45) is 0 Å². The molecule has 0 radical (unpaired) electrons. The summed E-state index contributed by atoms with van der Waals surface area (Å²) in [7, 11) is 4.53. The van der Waals surface area contributed by atoms with Gasteiger partial charge in [0.2, 0.25) is 5.75 Å². The van der Waals surface area contributed by atoms with Gasteiger partial charge in [-0.1, -0.05) is 12.1 Å². The molecule has 7 nitrogen and oxygen atoms in total. The number of hydrogen-bond donors (Lipinski definition) is 0. The second-order valence-electron chi connectivity index (χ2n) is 5.10. The molecule has 0 N–H and O–H groups in total. The standard InChI is InChI=1S/C18H17N3O4/c1-23-15-8-12(9-16(24-2)18(15)25-3)17(22)13-6-4-5-7-14(13)21-11-19-10-20-21/h4-11H,1-3H3. The topological polar surface area (TPSA) is 75.5 Å². The van der Waals surface area contributed by atoms with Gasteiger partial charge in [-0.05, 0) is 24.3 Å². The van der Waals surface area contributed by atoms with Crippen LogP contribution in [0.1, 0.15) is 15.9 Å². The molecule has 2 aromatic carbocycles. The Balaban J connectivity index is 2.11. The molecule has 0 saturated heterocycles. The Morgan fingerprint density at radius 2 is 1.68 bits per heavy atom. The van der Waals surface area contributed by atoms with Gasteiger partial charge in [0.1, 0.15) is 12.7 Å². The second-order valence-corrected chi connectivity index (χ2v) is 5.10. The van der Waals surface area contributed by atoms with Gasteiger partial charge in [-0.15, -0.1) is 0 Å². The minimum absolute atomic E-state index is 0.189. The van der Waals surface area contributed by atoms with Gasteiger partial charge in [0, 0.05) is 11.1 Å². The summed E-state index contributed by atoms with van der Waals surface area (Å²) in [5, 5.41) is 4.10. The summed E-state index contributed by atoms with van der Waals surface area (Å²) in [6.07, 6.45) is 2.96. The molecule has 0 atom stereocenters. The van der Waals surface area contributed by atoms with Crippen molar-refractivity contribution in [3.8, 4) is 22.9 Å². The summed E-state index contributed by atoms with van der Waals surface area (Å²) in [6, 6.07) is 10.4. The van der Waals surface area contributed by atoms with Gasteiger partial charge in [0.25, 0.3) is 0 Å². The molecule has 0 spiro atoms. The lowest BCUT2D eigenvalue weighted by atomic mass is 10.0. The minimum atomic E-state index is -0.189. The lowest BCUT2D eigenvalue weighted by molar-refractivity contribution is 0.103. The van der Waals surface area contributed by atoms with E-state index in [1.165, 1.54) is 27.7 Å². The highest BCUT2D eigenvalue weighted by atomic mass is 16.5. The first kappa shape index (κ1) is 16.5. The predicted octanol–water partition coefficient (Wildman–Crippen LogP) is 2.52. The van der Waals surface area contributed by atoms with E-state index in [0.29, 0.717) is 34.1 Å². The number of para-hydroxylation sites is 1. The smallest absolute Gasteiger partial charge is 0.203 e. The van der Waals surface area contributed by atoms with Crippen LogP contribution in [0.25, 0.3) is 5.69 Å². The molecule has 0 fully saturated rings. The van der Waals surface area contributed by atoms with Crippen molar-refractivity contribution >= 4 is 5.78 Å². The zero-order valence-electron chi connectivity index (χ0n) is 14.1. The Labute approximate surface area is 144 Å². The van der Waals surface area contributed by atoms with Gasteiger partial charge in [0.05, 0.1) is 27.0 Å². The highest BCUT2D eigenvalue weighted by molar-refractivity contribution is 6.11. The molecule has 0 aliphatic rings. The van der Waals surface area contributed by atoms with Crippen LogP contribution in [0.5, 0.6) is 17.2 Å². The summed E-state index contributed by atoms with van der Waals surface area (Å²) in [5.41, 5.74) is 1.54. The van der Waals surface area contributed by atoms with Gasteiger partial charge in [-0.3, -0.25) is 4.79 Å². The lowest BCUT2D eigenvalue weighted by Crippen LogP contribution is -2.09. The fourth-order valence-electron chi connectivity index (χ4n) is 2.57. The molecule has 7 heteroatoms. The summed E-state index contributed by atoms with van der Waals surface area (Å²) in [5.74, 6) is 1.09. The van der Waals surface area contributed by atoms with Crippen LogP contribution >= 0.6 is 0 Å². The molecule has 1 aromatic heterocycles. The maximum absolute atomic E-state index is 13.1. The molecule has 128 valence electrons. The van der Waals surface area contributed by atoms with Crippen LogP contribution in [0.15, 0.2) is 49.1 Å². The van der Waals surface area contributed by atoms with Crippen molar-refractivity contribution in [3.63, 3.8) is 0 Å². The van der Waals surface area contributed by atoms with E-state index in [0.717, 1.165) is 0 Å². The Kier molecular flexibility index (Phi) is 4.65. The maximum Gasteiger partial charge on any atom is 0.203 e. The van der Waals surface area contributed by atoms with Crippen LogP contribution in [0.3, 0.4) is 0 Å². The van der Waals surface area contributed by atoms with E-state index in [-0.39, 0.29) is 5.78 Å². The summed E-state index contributed by atoms with van der Waals surface area (Å²) >= 11 is 0. The van der Waals surface area contributed by atoms with Crippen LogP contribution in [0, 0.1) is 0 Å². The van der Waals surface area contributed by atoms with E-state index in [4.69, 9.17) is 14.2 Å². The largest absolute Gasteiger partial charge is 0.493 e. The number of ketones is 1. The van der Waals surface area contributed by atoms with Crippen LogP contribution in [0.2, 0.25) is 0 Å². The average molecular weight is 339 g/mol. The molecule has 0 unspecified atom stereocenters. The summed E-state index contributed by atoms with van der Waals surface area (Å²) in [4.78, 5) is 17.0. The average Bonchev–Trinajstić information content (AvgIpc) is 3.20. The van der Waals surface area contributed by atoms with E-state index in [1.807, 2.05) is 6.07 Å². The monoisotopic (exact) mass is 339 g/mol. The Hall–Kier alpha value is -3.35. The van der Waals surface area contributed by atoms with Crippen LogP contribution in [-0.4, -0.2) is 41.9 Å². The predicted molar refractivity (Wildman–Crippen MR) is 90.9 cm³/mol. The number of benzene rings is 2. The SMILES string of the molecule is COc1cc(C(=O)c2ccccc2-n2cncn2)cc(OC)c1OC. The van der Waals surface area contributed by atoms with Crippen molar-refractivity contribution in [1.29, 1.82) is 0 Å². The molecule has 0 bridgehead atoms. The van der Waals surface area contributed by atoms with E-state index < -0.39 is 0 Å². The Bertz CT molecular complexity index is 866. The van der Waals surface area contributed by atoms with Crippen molar-refractivity contribution in [1.82, 2.24) is 14.8 Å². The molecular weight excluding hydrogens is 322 g/mol. The lowest BCUT2D eigenvalue weighted by Gasteiger charge is -2.14. The van der Waals surface area contributed by atoms with Crippen molar-refractivity contribution in [2.75, 3.05) is 21.3 Å². The molecule has 3 aromatic rings. The van der Waals surface area contributed by atoms with E-state index in [9.17, 15) is 4.79 Å². The normalized spacial score (nSPS) is 10.4. The molecule has 0 aliphatic heterocycles. The number of ether oxygens (including phenoxy) is 3. The van der Waals surface area contributed by atoms with Crippen molar-refractivity contribution in [2.45, 2.75) is 0 Å². The van der Waals surface area contributed by atoms with Gasteiger partial charge in [0.15, 0.2) is 17.3 Å². The number of aromatic nitrogens is 3. The molecule has 0 aliphatic carbocycles. The third-order valence-corrected chi connectivity index (χ3v) is 3.74. The number of hydrogen-bond acceptors (Lipinski definition) is 6. The van der Waals surface area contributed by atoms with Crippen molar-refractivity contribution < 1.29 is 19.0 Å². The fraction of sp³-hybridized carbons (Fsp3) is 0.167. The third kappa shape index (κ3) is 3.03. The molecule has 1 heterocycles. The van der Waals surface area contributed by atoms with Gasteiger partial charge in [-0.25, -0.2) is 9.67 Å². The first-order valence-corrected chi connectivity index (χ1v) is 7.48. The molecular formula is C18H17N3O4. The number of carbonyl (C=O) groups excluding carboxylic acids is 1. The van der Waals surface area contributed by atoms with Crippen molar-refractivity contribution in [3.05, 3.63) is 60.2 Å². The summed E-state index contributed by atoms with van der Waals surface area (Å²) < 4.78 is 17.5. The van der Waals surface area contributed by atoms with E-state index in [2.05, 4.69) is 10.1 Å². The molecule has 0 saturated carbocycles. The highest BCUT2D eigenvalue weighted by Gasteiger charge is 2.20. The Morgan fingerprint density at radius 1 is 1.00 bits per heavy atom. The number of methoxy groups -OCH3 is 3. The molecule has 0 amide bonds. The first-order valence-electron chi connectivity index (χ1n) is 7.48. The molecule has 3 rings (SSSR count). The third-order valence-electron chi connectivity index (χ3n) is 3.74. The van der Waals surface area contributed by atoms with Crippen LogP contribution in [0.4, 0.5) is 0 Å². The maximum atomic E-state index is 13.1. The zero-order valence-corrected chi connectivity index (χ0v) is 14.1. The zero-order chi connectivity index (χ0) is 17.8. The van der Waals surface area contributed by atoms with E-state index >= 15 is 0 Å². The van der Waals surface area contributed by atoms with E-state index in [1.54, 1.807) is 41.3 Å². The van der Waals surface area contributed by atoms with Gasteiger partial charge < -0.3 is 14.2 Å². The first-order chi connectivity index (χ1) is 12.2. The molecule has 25 heavy (non-hydrogen) atoms. The highest BCUT2D eigenvalue weighted by Crippen LogP contribution is 2.38. The van der Waals surface area contributed by atoms with Gasteiger partial charge >= 0.3 is 0 Å². The second kappa shape index (κ2) is 7.04. The number of rotatable bonds is 6. The Morgan fingerprint density at radius 3 is 2.24 bits per heavy atom. The quantitative estimate of drug-likeness (QED) is 0.643.